The smallest absolute Gasteiger partial charge is 0.262 e. The minimum Gasteiger partial charge on any atom is -0.277 e. The summed E-state index contributed by atoms with van der Waals surface area (Å²) in [6.07, 6.45) is 0. The van der Waals surface area contributed by atoms with Crippen LogP contribution in [-0.2, 0) is 6.54 Å². The monoisotopic (exact) mass is 396 g/mol. The molecule has 30 heavy (non-hydrogen) atoms. The molecule has 0 aliphatic heterocycles. The molecule has 4 rings (SSSR count). The van der Waals surface area contributed by atoms with Gasteiger partial charge in [-0.05, 0) is 37.1 Å². The van der Waals surface area contributed by atoms with Gasteiger partial charge in [-0.1, -0.05) is 72.8 Å². The lowest BCUT2D eigenvalue weighted by molar-refractivity contribution is 0.724. The van der Waals surface area contributed by atoms with E-state index in [9.17, 15) is 4.79 Å². The van der Waals surface area contributed by atoms with Gasteiger partial charge in [0.15, 0.2) is 0 Å². The number of fused-ring (bicyclic) bond motifs is 1. The Hall–Kier alpha value is -3.73. The van der Waals surface area contributed by atoms with Crippen LogP contribution in [0.5, 0.6) is 0 Å². The third-order valence-electron chi connectivity index (χ3n) is 5.19. The molecule has 0 bridgehead atoms. The number of anilines is 1. The van der Waals surface area contributed by atoms with Gasteiger partial charge in [0.25, 0.3) is 5.56 Å². The average Bonchev–Trinajstić information content (AvgIpc) is 2.79. The van der Waals surface area contributed by atoms with Crippen molar-refractivity contribution in [1.82, 2.24) is 9.55 Å². The fraction of sp³-hybridized carbons (Fsp3) is 0.160. The summed E-state index contributed by atoms with van der Waals surface area (Å²) >= 11 is 0. The Kier molecular flexibility index (Phi) is 5.70. The van der Waals surface area contributed by atoms with E-state index in [-0.39, 0.29) is 11.5 Å². The standard InChI is InChI=1S/C25H24N4O/c1-3-29-24(30)21-16-10-11-17-22(21)26-25(29)28-27-18(2)23(19-12-6-4-7-13-19)20-14-8-5-9-15-20/h4-17,23H,3H2,1-2H3,(H,26,28)/b27-18-. The third kappa shape index (κ3) is 3.87. The molecule has 5 heteroatoms. The lowest BCUT2D eigenvalue weighted by atomic mass is 9.88. The van der Waals surface area contributed by atoms with Crippen molar-refractivity contribution in [2.45, 2.75) is 26.3 Å². The van der Waals surface area contributed by atoms with Gasteiger partial charge in [-0.3, -0.25) is 9.36 Å². The number of hydrogen-bond acceptors (Lipinski definition) is 4. The highest BCUT2D eigenvalue weighted by molar-refractivity contribution is 5.92. The second kappa shape index (κ2) is 8.74. The molecular formula is C25H24N4O. The van der Waals surface area contributed by atoms with Crippen molar-refractivity contribution < 1.29 is 0 Å². The molecule has 0 aliphatic carbocycles. The minimum atomic E-state index is -0.0684. The van der Waals surface area contributed by atoms with Crippen molar-refractivity contribution in [3.8, 4) is 0 Å². The fourth-order valence-electron chi connectivity index (χ4n) is 3.72. The van der Waals surface area contributed by atoms with Crippen LogP contribution in [0.4, 0.5) is 5.95 Å². The molecule has 3 aromatic carbocycles. The lowest BCUT2D eigenvalue weighted by Gasteiger charge is -2.18. The van der Waals surface area contributed by atoms with E-state index in [2.05, 4.69) is 39.8 Å². The zero-order valence-electron chi connectivity index (χ0n) is 17.1. The maximum absolute atomic E-state index is 12.8. The molecule has 0 aliphatic rings. The first-order valence-electron chi connectivity index (χ1n) is 10.1. The Morgan fingerprint density at radius 3 is 2.10 bits per heavy atom. The highest BCUT2D eigenvalue weighted by Crippen LogP contribution is 2.26. The van der Waals surface area contributed by atoms with Gasteiger partial charge in [-0.15, -0.1) is 0 Å². The van der Waals surface area contributed by atoms with Gasteiger partial charge in [0.2, 0.25) is 5.95 Å². The quantitative estimate of drug-likeness (QED) is 0.367. The highest BCUT2D eigenvalue weighted by Gasteiger charge is 2.18. The minimum absolute atomic E-state index is 0.00200. The van der Waals surface area contributed by atoms with Crippen LogP contribution in [0, 0.1) is 0 Å². The molecule has 150 valence electrons. The SMILES string of the molecule is CCn1c(N/N=C(/C)C(c2ccccc2)c2ccccc2)nc2ccccc2c1=O. The van der Waals surface area contributed by atoms with Crippen LogP contribution >= 0.6 is 0 Å². The van der Waals surface area contributed by atoms with E-state index in [1.807, 2.05) is 68.4 Å². The fourth-order valence-corrected chi connectivity index (χ4v) is 3.72. The molecule has 0 fully saturated rings. The molecule has 1 aromatic heterocycles. The number of nitrogens with one attached hydrogen (secondary N) is 1. The molecule has 1 heterocycles. The van der Waals surface area contributed by atoms with Crippen LogP contribution < -0.4 is 11.0 Å². The maximum atomic E-state index is 12.8. The van der Waals surface area contributed by atoms with Crippen molar-refractivity contribution in [3.63, 3.8) is 0 Å². The highest BCUT2D eigenvalue weighted by atomic mass is 16.1. The zero-order chi connectivity index (χ0) is 20.9. The predicted octanol–water partition coefficient (Wildman–Crippen LogP) is 5.04. The summed E-state index contributed by atoms with van der Waals surface area (Å²) in [5, 5.41) is 5.26. The first-order valence-corrected chi connectivity index (χ1v) is 10.1. The topological polar surface area (TPSA) is 59.3 Å². The number of aromatic nitrogens is 2. The van der Waals surface area contributed by atoms with Crippen LogP contribution in [0.2, 0.25) is 0 Å². The molecule has 0 unspecified atom stereocenters. The van der Waals surface area contributed by atoms with Gasteiger partial charge in [0, 0.05) is 18.2 Å². The Morgan fingerprint density at radius 1 is 0.933 bits per heavy atom. The van der Waals surface area contributed by atoms with Crippen LogP contribution in [-0.4, -0.2) is 15.3 Å². The van der Waals surface area contributed by atoms with Crippen LogP contribution in [0.1, 0.15) is 30.9 Å². The molecule has 0 saturated heterocycles. The number of hydrazone groups is 1. The van der Waals surface area contributed by atoms with Crippen molar-refractivity contribution >= 4 is 22.6 Å². The third-order valence-corrected chi connectivity index (χ3v) is 5.19. The van der Waals surface area contributed by atoms with E-state index >= 15 is 0 Å². The molecule has 0 amide bonds. The molecule has 0 atom stereocenters. The van der Waals surface area contributed by atoms with E-state index < -0.39 is 0 Å². The predicted molar refractivity (Wildman–Crippen MR) is 123 cm³/mol. The maximum Gasteiger partial charge on any atom is 0.262 e. The van der Waals surface area contributed by atoms with Gasteiger partial charge >= 0.3 is 0 Å². The van der Waals surface area contributed by atoms with Gasteiger partial charge in [-0.2, -0.15) is 5.10 Å². The molecule has 0 saturated carbocycles. The molecule has 4 aromatic rings. The normalized spacial score (nSPS) is 11.8. The second-order valence-corrected chi connectivity index (χ2v) is 7.12. The summed E-state index contributed by atoms with van der Waals surface area (Å²) in [6, 6.07) is 27.9. The van der Waals surface area contributed by atoms with E-state index in [0.29, 0.717) is 23.4 Å². The molecule has 5 nitrogen and oxygen atoms in total. The largest absolute Gasteiger partial charge is 0.277 e. The molecule has 0 spiro atoms. The van der Waals surface area contributed by atoms with Crippen LogP contribution in [0.15, 0.2) is 94.8 Å². The summed E-state index contributed by atoms with van der Waals surface area (Å²) < 4.78 is 1.61. The van der Waals surface area contributed by atoms with Crippen molar-refractivity contribution in [3.05, 3.63) is 106 Å². The van der Waals surface area contributed by atoms with E-state index in [4.69, 9.17) is 0 Å². The Morgan fingerprint density at radius 2 is 1.50 bits per heavy atom. The lowest BCUT2D eigenvalue weighted by Crippen LogP contribution is -2.24. The van der Waals surface area contributed by atoms with Gasteiger partial charge in [0.1, 0.15) is 0 Å². The molecular weight excluding hydrogens is 372 g/mol. The Balaban J connectivity index is 1.74. The number of benzene rings is 3. The number of para-hydroxylation sites is 1. The van der Waals surface area contributed by atoms with Gasteiger partial charge < -0.3 is 0 Å². The van der Waals surface area contributed by atoms with E-state index in [0.717, 1.165) is 16.8 Å². The van der Waals surface area contributed by atoms with E-state index in [1.54, 1.807) is 10.6 Å². The van der Waals surface area contributed by atoms with Gasteiger partial charge in [0.05, 0.1) is 10.9 Å². The van der Waals surface area contributed by atoms with Crippen LogP contribution in [0.3, 0.4) is 0 Å². The molecule has 1 N–H and O–H groups in total. The summed E-state index contributed by atoms with van der Waals surface area (Å²) in [5.41, 5.74) is 6.85. The second-order valence-electron chi connectivity index (χ2n) is 7.12. The average molecular weight is 396 g/mol. The summed E-state index contributed by atoms with van der Waals surface area (Å²) in [5.74, 6) is 0.447. The van der Waals surface area contributed by atoms with Crippen molar-refractivity contribution in [2.75, 3.05) is 5.43 Å². The number of nitrogens with zero attached hydrogens (tertiary/aromatic N) is 3. The van der Waals surface area contributed by atoms with E-state index in [1.165, 1.54) is 0 Å². The number of rotatable bonds is 6. The Bertz CT molecular complexity index is 1190. The summed E-state index contributed by atoms with van der Waals surface area (Å²) in [4.78, 5) is 17.5. The molecule has 0 radical (unpaired) electrons. The first-order chi connectivity index (χ1) is 14.7. The zero-order valence-corrected chi connectivity index (χ0v) is 17.1. The Labute approximate surface area is 175 Å². The van der Waals surface area contributed by atoms with Gasteiger partial charge in [-0.25, -0.2) is 10.4 Å². The van der Waals surface area contributed by atoms with Crippen molar-refractivity contribution in [2.24, 2.45) is 5.10 Å². The van der Waals surface area contributed by atoms with Crippen LogP contribution in [0.25, 0.3) is 10.9 Å². The number of hydrogen-bond donors (Lipinski definition) is 1. The summed E-state index contributed by atoms with van der Waals surface area (Å²) in [6.45, 7) is 4.43. The first kappa shape index (κ1) is 19.6. The van der Waals surface area contributed by atoms with Crippen molar-refractivity contribution in [1.29, 1.82) is 0 Å². The summed E-state index contributed by atoms with van der Waals surface area (Å²) in [7, 11) is 0.